The highest BCUT2D eigenvalue weighted by Crippen LogP contribution is 2.20. The van der Waals surface area contributed by atoms with Crippen LogP contribution in [0, 0.1) is 18.3 Å². The van der Waals surface area contributed by atoms with Gasteiger partial charge in [-0.2, -0.15) is 5.26 Å². The van der Waals surface area contributed by atoms with Crippen LogP contribution in [0.3, 0.4) is 0 Å². The van der Waals surface area contributed by atoms with Gasteiger partial charge in [-0.05, 0) is 18.6 Å². The van der Waals surface area contributed by atoms with Crippen molar-refractivity contribution in [1.29, 1.82) is 5.26 Å². The van der Waals surface area contributed by atoms with Gasteiger partial charge in [-0.25, -0.2) is 13.4 Å². The predicted molar refractivity (Wildman–Crippen MR) is 90.7 cm³/mol. The topological polar surface area (TPSA) is 112 Å². The number of hydrogen-bond donors (Lipinski definition) is 1. The molecule has 2 aromatic rings. The fraction of sp³-hybridized carbons (Fsp3) is 0.438. The van der Waals surface area contributed by atoms with Crippen LogP contribution in [0.5, 0.6) is 0 Å². The Bertz CT molecular complexity index is 1040. The van der Waals surface area contributed by atoms with E-state index in [1.165, 1.54) is 0 Å². The molecule has 0 saturated heterocycles. The number of nitrogens with zero attached hydrogens (tertiary/aromatic N) is 4. The lowest BCUT2D eigenvalue weighted by Gasteiger charge is -2.27. The molecule has 1 N–H and O–H groups in total. The molecule has 0 unspecified atom stereocenters. The third-order valence-electron chi connectivity index (χ3n) is 4.63. The molecule has 3 heterocycles. The second-order valence-corrected chi connectivity index (χ2v) is 8.27. The third kappa shape index (κ3) is 3.23. The summed E-state index contributed by atoms with van der Waals surface area (Å²) in [4.78, 5) is 20.9. The summed E-state index contributed by atoms with van der Waals surface area (Å²) in [5.74, 6) is 0. The first-order chi connectivity index (χ1) is 11.7. The van der Waals surface area contributed by atoms with Crippen LogP contribution in [0.2, 0.25) is 0 Å². The summed E-state index contributed by atoms with van der Waals surface area (Å²) in [5, 5.41) is 8.86. The van der Waals surface area contributed by atoms with E-state index in [-0.39, 0.29) is 5.16 Å². The molecule has 0 bridgehead atoms. The summed E-state index contributed by atoms with van der Waals surface area (Å²) in [6.45, 7) is 3.65. The zero-order chi connectivity index (χ0) is 18.4. The van der Waals surface area contributed by atoms with E-state index in [0.717, 1.165) is 17.5 Å². The highest BCUT2D eigenvalue weighted by molar-refractivity contribution is 7.90. The number of rotatable bonds is 3. The summed E-state index contributed by atoms with van der Waals surface area (Å²) >= 11 is 0. The first kappa shape index (κ1) is 17.4. The van der Waals surface area contributed by atoms with Gasteiger partial charge < -0.3 is 4.57 Å². The summed E-state index contributed by atoms with van der Waals surface area (Å²) in [6, 6.07) is 4.02. The SMILES string of the molecule is Cc1c(CN2CCc3nc(S(C)(=O)=O)[nH]c(=O)c3C2)cc(C#N)n1C. The van der Waals surface area contributed by atoms with Gasteiger partial charge in [-0.15, -0.1) is 0 Å². The predicted octanol–water partition coefficient (Wildman–Crippen LogP) is 0.250. The minimum atomic E-state index is -3.55. The molecular weight excluding hydrogens is 342 g/mol. The summed E-state index contributed by atoms with van der Waals surface area (Å²) in [6.07, 6.45) is 1.54. The van der Waals surface area contributed by atoms with Crippen LogP contribution in [-0.4, -0.2) is 40.7 Å². The Kier molecular flexibility index (Phi) is 4.26. The van der Waals surface area contributed by atoms with Crippen molar-refractivity contribution in [3.63, 3.8) is 0 Å². The zero-order valence-electron chi connectivity index (χ0n) is 14.3. The lowest BCUT2D eigenvalue weighted by Crippen LogP contribution is -2.36. The molecule has 25 heavy (non-hydrogen) atoms. The van der Waals surface area contributed by atoms with Crippen molar-refractivity contribution in [3.05, 3.63) is 44.6 Å². The number of aromatic nitrogens is 3. The van der Waals surface area contributed by atoms with Gasteiger partial charge >= 0.3 is 0 Å². The monoisotopic (exact) mass is 361 g/mol. The number of H-pyrrole nitrogens is 1. The van der Waals surface area contributed by atoms with E-state index in [1.54, 1.807) is 0 Å². The van der Waals surface area contributed by atoms with E-state index in [1.807, 2.05) is 24.6 Å². The second-order valence-electron chi connectivity index (χ2n) is 6.34. The highest BCUT2D eigenvalue weighted by Gasteiger charge is 2.24. The molecule has 0 atom stereocenters. The van der Waals surface area contributed by atoms with Crippen LogP contribution in [0.25, 0.3) is 0 Å². The van der Waals surface area contributed by atoms with Crippen molar-refractivity contribution < 1.29 is 8.42 Å². The van der Waals surface area contributed by atoms with E-state index in [9.17, 15) is 13.2 Å². The number of aromatic amines is 1. The molecule has 0 spiro atoms. The molecule has 0 saturated carbocycles. The maximum Gasteiger partial charge on any atom is 0.256 e. The highest BCUT2D eigenvalue weighted by atomic mass is 32.2. The summed E-state index contributed by atoms with van der Waals surface area (Å²) < 4.78 is 25.1. The lowest BCUT2D eigenvalue weighted by atomic mass is 10.1. The molecular formula is C16H19N5O3S. The first-order valence-electron chi connectivity index (χ1n) is 7.80. The van der Waals surface area contributed by atoms with Crippen molar-refractivity contribution in [2.75, 3.05) is 12.8 Å². The molecule has 0 aromatic carbocycles. The fourth-order valence-electron chi connectivity index (χ4n) is 3.04. The van der Waals surface area contributed by atoms with Gasteiger partial charge in [-0.1, -0.05) is 0 Å². The lowest BCUT2D eigenvalue weighted by molar-refractivity contribution is 0.240. The Morgan fingerprint density at radius 1 is 1.44 bits per heavy atom. The van der Waals surface area contributed by atoms with Crippen LogP contribution >= 0.6 is 0 Å². The Morgan fingerprint density at radius 2 is 2.16 bits per heavy atom. The standard InChI is InChI=1S/C16H19N5O3S/c1-10-11(6-12(7-17)20(10)2)8-21-5-4-14-13(9-21)15(22)19-16(18-14)25(3,23)24/h6H,4-5,8-9H2,1-3H3,(H,18,19,22). The van der Waals surface area contributed by atoms with Crippen LogP contribution < -0.4 is 5.56 Å². The third-order valence-corrected chi connectivity index (χ3v) is 5.52. The largest absolute Gasteiger partial charge is 0.340 e. The van der Waals surface area contributed by atoms with E-state index in [0.29, 0.717) is 43.0 Å². The van der Waals surface area contributed by atoms with Crippen LogP contribution in [0.1, 0.15) is 28.2 Å². The maximum absolute atomic E-state index is 12.3. The molecule has 1 aliphatic heterocycles. The van der Waals surface area contributed by atoms with E-state index in [2.05, 4.69) is 20.9 Å². The molecule has 1 aliphatic rings. The van der Waals surface area contributed by atoms with Crippen LogP contribution in [-0.2, 0) is 36.4 Å². The number of fused-ring (bicyclic) bond motifs is 1. The van der Waals surface area contributed by atoms with Crippen molar-refractivity contribution >= 4 is 9.84 Å². The van der Waals surface area contributed by atoms with E-state index >= 15 is 0 Å². The molecule has 0 radical (unpaired) electrons. The number of sulfone groups is 1. The summed E-state index contributed by atoms with van der Waals surface area (Å²) in [7, 11) is -1.69. The second kappa shape index (κ2) is 6.13. The first-order valence-corrected chi connectivity index (χ1v) is 9.69. The van der Waals surface area contributed by atoms with Crippen molar-refractivity contribution in [2.24, 2.45) is 7.05 Å². The number of nitrogens with one attached hydrogen (secondary N) is 1. The van der Waals surface area contributed by atoms with E-state index in [4.69, 9.17) is 5.26 Å². The molecule has 0 fully saturated rings. The normalized spacial score (nSPS) is 15.0. The quantitative estimate of drug-likeness (QED) is 0.785. The molecule has 0 aliphatic carbocycles. The minimum Gasteiger partial charge on any atom is -0.340 e. The minimum absolute atomic E-state index is 0.276. The van der Waals surface area contributed by atoms with Gasteiger partial charge in [0, 0.05) is 45.1 Å². The zero-order valence-corrected chi connectivity index (χ0v) is 15.1. The van der Waals surface area contributed by atoms with Crippen molar-refractivity contribution in [1.82, 2.24) is 19.4 Å². The van der Waals surface area contributed by atoms with Gasteiger partial charge in [0.05, 0.1) is 11.3 Å². The Labute approximate surface area is 145 Å². The van der Waals surface area contributed by atoms with Gasteiger partial charge in [-0.3, -0.25) is 14.7 Å². The van der Waals surface area contributed by atoms with Gasteiger partial charge in [0.25, 0.3) is 5.56 Å². The Hall–Kier alpha value is -2.44. The van der Waals surface area contributed by atoms with Gasteiger partial charge in [0.1, 0.15) is 11.8 Å². The molecule has 3 rings (SSSR count). The average molecular weight is 361 g/mol. The van der Waals surface area contributed by atoms with Crippen molar-refractivity contribution in [2.45, 2.75) is 31.6 Å². The van der Waals surface area contributed by atoms with E-state index < -0.39 is 15.4 Å². The smallest absolute Gasteiger partial charge is 0.256 e. The average Bonchev–Trinajstić information content (AvgIpc) is 2.82. The van der Waals surface area contributed by atoms with Crippen LogP contribution in [0.15, 0.2) is 16.0 Å². The molecule has 8 nitrogen and oxygen atoms in total. The number of hydrogen-bond acceptors (Lipinski definition) is 6. The number of nitriles is 1. The summed E-state index contributed by atoms with van der Waals surface area (Å²) in [5.41, 5.74) is 3.30. The maximum atomic E-state index is 12.3. The van der Waals surface area contributed by atoms with Crippen molar-refractivity contribution in [3.8, 4) is 6.07 Å². The Morgan fingerprint density at radius 3 is 2.76 bits per heavy atom. The molecule has 0 amide bonds. The molecule has 132 valence electrons. The van der Waals surface area contributed by atoms with Gasteiger partial charge in [0.2, 0.25) is 15.0 Å². The Balaban J connectivity index is 1.87. The molecule has 2 aromatic heterocycles. The fourth-order valence-corrected chi connectivity index (χ4v) is 3.59. The van der Waals surface area contributed by atoms with Crippen LogP contribution in [0.4, 0.5) is 0 Å². The molecule has 9 heteroatoms. The van der Waals surface area contributed by atoms with Gasteiger partial charge in [0.15, 0.2) is 0 Å².